The number of nitrogens with zero attached hydrogens (tertiary/aromatic N) is 2. The van der Waals surface area contributed by atoms with Gasteiger partial charge in [0.05, 0.1) is 6.26 Å². The number of rotatable bonds is 1. The molecular weight excluding hydrogens is 268 g/mol. The van der Waals surface area contributed by atoms with E-state index in [4.69, 9.17) is 4.42 Å². The minimum Gasteiger partial charge on any atom is -0.463 e. The normalized spacial score (nSPS) is 10.0. The van der Waals surface area contributed by atoms with Crippen LogP contribution in [0.15, 0.2) is 53.3 Å². The fourth-order valence-corrected chi connectivity index (χ4v) is 1.51. The summed E-state index contributed by atoms with van der Waals surface area (Å²) in [7, 11) is 0. The van der Waals surface area contributed by atoms with E-state index in [-0.39, 0.29) is 17.0 Å². The summed E-state index contributed by atoms with van der Waals surface area (Å²) in [5, 5.41) is 1.04. The summed E-state index contributed by atoms with van der Waals surface area (Å²) in [6.07, 6.45) is 3.38. The monoisotopic (exact) mass is 276 g/mol. The van der Waals surface area contributed by atoms with E-state index in [0.717, 1.165) is 22.5 Å². The number of halogens is 1. The first-order valence-electron chi connectivity index (χ1n) is 4.69. The van der Waals surface area contributed by atoms with Gasteiger partial charge in [0.25, 0.3) is 0 Å². The van der Waals surface area contributed by atoms with Crippen molar-refractivity contribution in [2.75, 3.05) is 0 Å². The Hall–Kier alpha value is -1.68. The molecule has 0 unspecified atom stereocenters. The van der Waals surface area contributed by atoms with Gasteiger partial charge in [0, 0.05) is 11.6 Å². The van der Waals surface area contributed by atoms with Gasteiger partial charge in [-0.15, -0.1) is 17.0 Å². The van der Waals surface area contributed by atoms with Gasteiger partial charge in [-0.1, -0.05) is 0 Å². The van der Waals surface area contributed by atoms with Crippen molar-refractivity contribution in [2.45, 2.75) is 0 Å². The molecule has 0 bridgehead atoms. The molecule has 0 aliphatic heterocycles. The molecule has 3 nitrogen and oxygen atoms in total. The molecule has 0 radical (unpaired) electrons. The summed E-state index contributed by atoms with van der Waals surface area (Å²) in [5.41, 5.74) is 1.55. The zero-order valence-electron chi connectivity index (χ0n) is 8.33. The zero-order valence-corrected chi connectivity index (χ0v) is 10.0. The lowest BCUT2D eigenvalue weighted by molar-refractivity contribution is 0.580. The van der Waals surface area contributed by atoms with Gasteiger partial charge in [0.1, 0.15) is 5.69 Å². The standard InChI is InChI=1S/C12H8N2O.BrH/c1-3-9-5-6-10(11-4-2-8-15-11)14-12(9)13-7-1;/h1-8H;1H. The lowest BCUT2D eigenvalue weighted by Gasteiger charge is -1.98. The topological polar surface area (TPSA) is 38.9 Å². The third-order valence-corrected chi connectivity index (χ3v) is 2.24. The van der Waals surface area contributed by atoms with Crippen molar-refractivity contribution in [1.82, 2.24) is 9.97 Å². The minimum atomic E-state index is 0. The van der Waals surface area contributed by atoms with Gasteiger partial charge in [0.2, 0.25) is 0 Å². The molecule has 0 fully saturated rings. The molecule has 0 saturated carbocycles. The Kier molecular flexibility index (Phi) is 3.01. The highest BCUT2D eigenvalue weighted by Gasteiger charge is 2.03. The summed E-state index contributed by atoms with van der Waals surface area (Å²) < 4.78 is 5.28. The highest BCUT2D eigenvalue weighted by Crippen LogP contribution is 2.19. The van der Waals surface area contributed by atoms with Crippen LogP contribution in [0.1, 0.15) is 0 Å². The van der Waals surface area contributed by atoms with Crippen molar-refractivity contribution in [3.8, 4) is 11.5 Å². The Morgan fingerprint density at radius 2 is 1.94 bits per heavy atom. The van der Waals surface area contributed by atoms with E-state index in [1.165, 1.54) is 0 Å². The van der Waals surface area contributed by atoms with Gasteiger partial charge in [-0.05, 0) is 36.4 Å². The quantitative estimate of drug-likeness (QED) is 0.683. The molecule has 80 valence electrons. The van der Waals surface area contributed by atoms with Crippen molar-refractivity contribution in [1.29, 1.82) is 0 Å². The Morgan fingerprint density at radius 3 is 2.75 bits per heavy atom. The third kappa shape index (κ3) is 1.84. The predicted octanol–water partition coefficient (Wildman–Crippen LogP) is 3.47. The maximum absolute atomic E-state index is 5.28. The zero-order chi connectivity index (χ0) is 10.1. The fourth-order valence-electron chi connectivity index (χ4n) is 1.51. The molecule has 0 aliphatic carbocycles. The molecule has 3 rings (SSSR count). The highest BCUT2D eigenvalue weighted by molar-refractivity contribution is 8.93. The third-order valence-electron chi connectivity index (χ3n) is 2.24. The number of furan rings is 1. The van der Waals surface area contributed by atoms with Crippen LogP contribution in [0.5, 0.6) is 0 Å². The smallest absolute Gasteiger partial charge is 0.159 e. The molecule has 0 amide bonds. The molecule has 3 heterocycles. The number of pyridine rings is 2. The highest BCUT2D eigenvalue weighted by atomic mass is 79.9. The average Bonchev–Trinajstić information content (AvgIpc) is 2.82. The molecule has 0 saturated heterocycles. The fraction of sp³-hybridized carbons (Fsp3) is 0. The van der Waals surface area contributed by atoms with Crippen molar-refractivity contribution < 1.29 is 4.42 Å². The minimum absolute atomic E-state index is 0. The molecule has 16 heavy (non-hydrogen) atoms. The first-order valence-corrected chi connectivity index (χ1v) is 4.69. The van der Waals surface area contributed by atoms with E-state index in [0.29, 0.717) is 0 Å². The number of hydrogen-bond donors (Lipinski definition) is 0. The van der Waals surface area contributed by atoms with Crippen LogP contribution in [-0.2, 0) is 0 Å². The molecular formula is C12H9BrN2O. The SMILES string of the molecule is Br.c1coc(-c2ccc3cccnc3n2)c1. The van der Waals surface area contributed by atoms with Crippen LogP contribution < -0.4 is 0 Å². The summed E-state index contributed by atoms with van der Waals surface area (Å²) in [6, 6.07) is 11.5. The summed E-state index contributed by atoms with van der Waals surface area (Å²) in [6.45, 7) is 0. The van der Waals surface area contributed by atoms with Crippen LogP contribution in [0.25, 0.3) is 22.5 Å². The van der Waals surface area contributed by atoms with E-state index < -0.39 is 0 Å². The number of hydrogen-bond acceptors (Lipinski definition) is 3. The Balaban J connectivity index is 0.000000963. The van der Waals surface area contributed by atoms with Crippen LogP contribution in [0.2, 0.25) is 0 Å². The van der Waals surface area contributed by atoms with E-state index in [1.54, 1.807) is 12.5 Å². The van der Waals surface area contributed by atoms with E-state index in [1.807, 2.05) is 36.4 Å². The Morgan fingerprint density at radius 1 is 1.00 bits per heavy atom. The van der Waals surface area contributed by atoms with Crippen molar-refractivity contribution in [2.24, 2.45) is 0 Å². The molecule has 0 aromatic carbocycles. The number of aromatic nitrogens is 2. The van der Waals surface area contributed by atoms with Crippen molar-refractivity contribution >= 4 is 28.0 Å². The van der Waals surface area contributed by atoms with E-state index in [9.17, 15) is 0 Å². The molecule has 0 spiro atoms. The van der Waals surface area contributed by atoms with Gasteiger partial charge >= 0.3 is 0 Å². The van der Waals surface area contributed by atoms with E-state index in [2.05, 4.69) is 9.97 Å². The second kappa shape index (κ2) is 4.45. The van der Waals surface area contributed by atoms with Gasteiger partial charge in [-0.3, -0.25) is 0 Å². The molecule has 0 N–H and O–H groups in total. The van der Waals surface area contributed by atoms with Crippen LogP contribution in [0.3, 0.4) is 0 Å². The maximum atomic E-state index is 5.28. The van der Waals surface area contributed by atoms with Crippen LogP contribution in [-0.4, -0.2) is 9.97 Å². The molecule has 0 atom stereocenters. The van der Waals surface area contributed by atoms with Gasteiger partial charge < -0.3 is 4.42 Å². The van der Waals surface area contributed by atoms with Crippen molar-refractivity contribution in [3.05, 3.63) is 48.9 Å². The summed E-state index contributed by atoms with van der Waals surface area (Å²) >= 11 is 0. The first kappa shape index (κ1) is 10.8. The predicted molar refractivity (Wildman–Crippen MR) is 67.6 cm³/mol. The van der Waals surface area contributed by atoms with Crippen LogP contribution >= 0.6 is 17.0 Å². The van der Waals surface area contributed by atoms with Gasteiger partial charge in [0.15, 0.2) is 11.4 Å². The van der Waals surface area contributed by atoms with Gasteiger partial charge in [-0.2, -0.15) is 0 Å². The van der Waals surface area contributed by atoms with E-state index >= 15 is 0 Å². The molecule has 0 aliphatic rings. The first-order chi connectivity index (χ1) is 7.43. The average molecular weight is 277 g/mol. The van der Waals surface area contributed by atoms with Gasteiger partial charge in [-0.25, -0.2) is 9.97 Å². The van der Waals surface area contributed by atoms with Crippen molar-refractivity contribution in [3.63, 3.8) is 0 Å². The Labute approximate surface area is 103 Å². The van der Waals surface area contributed by atoms with Crippen LogP contribution in [0, 0.1) is 0 Å². The summed E-state index contributed by atoms with van der Waals surface area (Å²) in [4.78, 5) is 8.61. The van der Waals surface area contributed by atoms with Crippen LogP contribution in [0.4, 0.5) is 0 Å². The molecule has 3 aromatic heterocycles. The lowest BCUT2D eigenvalue weighted by atomic mass is 10.2. The molecule has 3 aromatic rings. The second-order valence-corrected chi connectivity index (χ2v) is 3.22. The molecule has 4 heteroatoms. The number of fused-ring (bicyclic) bond motifs is 1. The lowest BCUT2D eigenvalue weighted by Crippen LogP contribution is -1.85. The second-order valence-electron chi connectivity index (χ2n) is 3.22. The summed E-state index contributed by atoms with van der Waals surface area (Å²) in [5.74, 6) is 0.766. The Bertz CT molecular complexity index is 593. The largest absolute Gasteiger partial charge is 0.463 e. The maximum Gasteiger partial charge on any atom is 0.159 e.